The Morgan fingerprint density at radius 1 is 1.36 bits per heavy atom. The first-order chi connectivity index (χ1) is 6.50. The van der Waals surface area contributed by atoms with Crippen LogP contribution in [0.1, 0.15) is 23.6 Å². The molecule has 76 valence electrons. The molecular weight excluding hydrogens is 200 g/mol. The Kier molecular flexibility index (Phi) is 2.10. The number of sulfonamides is 1. The topological polar surface area (TPSA) is 86.2 Å². The van der Waals surface area contributed by atoms with Gasteiger partial charge in [0.15, 0.2) is 0 Å². The third-order valence-corrected chi connectivity index (χ3v) is 3.58. The Hall–Kier alpha value is -0.910. The average molecular weight is 212 g/mol. The molecule has 1 aliphatic carbocycles. The largest absolute Gasteiger partial charge is 0.324 e. The smallest absolute Gasteiger partial charge is 0.238 e. The Morgan fingerprint density at radius 2 is 2.07 bits per heavy atom. The Labute approximate surface area is 83.0 Å². The monoisotopic (exact) mass is 212 g/mol. The van der Waals surface area contributed by atoms with Crippen molar-refractivity contribution >= 4 is 10.0 Å². The molecule has 4 N–H and O–H groups in total. The van der Waals surface area contributed by atoms with E-state index in [9.17, 15) is 8.42 Å². The van der Waals surface area contributed by atoms with Crippen molar-refractivity contribution in [2.24, 2.45) is 10.9 Å². The molecule has 0 heterocycles. The van der Waals surface area contributed by atoms with Crippen LogP contribution in [0.3, 0.4) is 0 Å². The number of hydrogen-bond donors (Lipinski definition) is 2. The van der Waals surface area contributed by atoms with E-state index < -0.39 is 10.0 Å². The summed E-state index contributed by atoms with van der Waals surface area (Å²) in [6, 6.07) is 5.03. The number of benzene rings is 1. The maximum atomic E-state index is 11.2. The maximum absolute atomic E-state index is 11.2. The van der Waals surface area contributed by atoms with Crippen LogP contribution in [-0.2, 0) is 16.4 Å². The summed E-state index contributed by atoms with van der Waals surface area (Å²) in [6.45, 7) is 0. The molecule has 0 bridgehead atoms. The number of nitrogens with two attached hydrogens (primary N) is 2. The normalized spacial score (nSPS) is 20.9. The van der Waals surface area contributed by atoms with Gasteiger partial charge >= 0.3 is 0 Å². The molecule has 0 saturated carbocycles. The molecule has 0 saturated heterocycles. The van der Waals surface area contributed by atoms with Gasteiger partial charge in [-0.3, -0.25) is 0 Å². The van der Waals surface area contributed by atoms with Gasteiger partial charge in [0, 0.05) is 6.04 Å². The van der Waals surface area contributed by atoms with Gasteiger partial charge in [-0.2, -0.15) is 0 Å². The van der Waals surface area contributed by atoms with Gasteiger partial charge in [0.1, 0.15) is 0 Å². The van der Waals surface area contributed by atoms with Crippen LogP contribution in [0, 0.1) is 0 Å². The van der Waals surface area contributed by atoms with Gasteiger partial charge in [-0.1, -0.05) is 12.1 Å². The minimum absolute atomic E-state index is 0.0494. The van der Waals surface area contributed by atoms with E-state index in [4.69, 9.17) is 10.9 Å². The van der Waals surface area contributed by atoms with Crippen LogP contribution in [-0.4, -0.2) is 8.42 Å². The summed E-state index contributed by atoms with van der Waals surface area (Å²) in [7, 11) is -3.61. The lowest BCUT2D eigenvalue weighted by Crippen LogP contribution is -2.14. The van der Waals surface area contributed by atoms with E-state index in [1.165, 1.54) is 6.07 Å². The summed E-state index contributed by atoms with van der Waals surface area (Å²) < 4.78 is 22.5. The van der Waals surface area contributed by atoms with Crippen LogP contribution in [0.15, 0.2) is 23.1 Å². The van der Waals surface area contributed by atoms with Gasteiger partial charge in [-0.15, -0.1) is 0 Å². The highest BCUT2D eigenvalue weighted by Crippen LogP contribution is 2.32. The van der Waals surface area contributed by atoms with E-state index in [-0.39, 0.29) is 10.9 Å². The first kappa shape index (κ1) is 9.64. The second-order valence-corrected chi connectivity index (χ2v) is 5.04. The molecule has 1 aliphatic rings. The Bertz CT molecular complexity index is 468. The van der Waals surface area contributed by atoms with Crippen molar-refractivity contribution in [3.63, 3.8) is 0 Å². The van der Waals surface area contributed by atoms with Gasteiger partial charge in [0.2, 0.25) is 10.0 Å². The van der Waals surface area contributed by atoms with E-state index in [2.05, 4.69) is 0 Å². The van der Waals surface area contributed by atoms with Crippen LogP contribution in [0.5, 0.6) is 0 Å². The zero-order valence-corrected chi connectivity index (χ0v) is 8.42. The molecule has 1 aromatic rings. The minimum Gasteiger partial charge on any atom is -0.324 e. The molecule has 0 radical (unpaired) electrons. The van der Waals surface area contributed by atoms with Gasteiger partial charge in [0.05, 0.1) is 4.90 Å². The maximum Gasteiger partial charge on any atom is 0.238 e. The van der Waals surface area contributed by atoms with E-state index in [0.29, 0.717) is 6.42 Å². The summed E-state index contributed by atoms with van der Waals surface area (Å²) >= 11 is 0. The SMILES string of the molecule is NC1CCc2c1cccc2S(N)(=O)=O. The third-order valence-electron chi connectivity index (χ3n) is 2.58. The molecule has 0 spiro atoms. The molecule has 1 unspecified atom stereocenters. The van der Waals surface area contributed by atoms with Crippen molar-refractivity contribution in [2.75, 3.05) is 0 Å². The first-order valence-electron chi connectivity index (χ1n) is 4.40. The molecular formula is C9H12N2O2S. The van der Waals surface area contributed by atoms with Crippen LogP contribution in [0.25, 0.3) is 0 Å². The molecule has 1 aromatic carbocycles. The van der Waals surface area contributed by atoms with E-state index in [1.54, 1.807) is 6.07 Å². The lowest BCUT2D eigenvalue weighted by molar-refractivity contribution is 0.596. The summed E-state index contributed by atoms with van der Waals surface area (Å²) in [5.74, 6) is 0. The summed E-state index contributed by atoms with van der Waals surface area (Å²) in [6.07, 6.45) is 1.49. The van der Waals surface area contributed by atoms with Crippen LogP contribution in [0.4, 0.5) is 0 Å². The molecule has 5 heteroatoms. The molecule has 0 aliphatic heterocycles. The molecule has 0 aromatic heterocycles. The van der Waals surface area contributed by atoms with Crippen molar-refractivity contribution < 1.29 is 8.42 Å². The quantitative estimate of drug-likeness (QED) is 0.701. The average Bonchev–Trinajstić information content (AvgIpc) is 2.46. The highest BCUT2D eigenvalue weighted by Gasteiger charge is 2.24. The lowest BCUT2D eigenvalue weighted by Gasteiger charge is -2.07. The van der Waals surface area contributed by atoms with Crippen LogP contribution < -0.4 is 10.9 Å². The molecule has 1 atom stereocenters. The van der Waals surface area contributed by atoms with Gasteiger partial charge in [-0.25, -0.2) is 13.6 Å². The van der Waals surface area contributed by atoms with Gasteiger partial charge < -0.3 is 5.73 Å². The van der Waals surface area contributed by atoms with Crippen molar-refractivity contribution in [3.8, 4) is 0 Å². The molecule has 14 heavy (non-hydrogen) atoms. The number of fused-ring (bicyclic) bond motifs is 1. The van der Waals surface area contributed by atoms with Crippen molar-refractivity contribution in [3.05, 3.63) is 29.3 Å². The van der Waals surface area contributed by atoms with Crippen molar-refractivity contribution in [1.29, 1.82) is 0 Å². The van der Waals surface area contributed by atoms with E-state index in [0.717, 1.165) is 17.5 Å². The van der Waals surface area contributed by atoms with Crippen molar-refractivity contribution in [2.45, 2.75) is 23.8 Å². The summed E-state index contributed by atoms with van der Waals surface area (Å²) in [5.41, 5.74) is 7.53. The second kappa shape index (κ2) is 3.05. The third kappa shape index (κ3) is 1.43. The summed E-state index contributed by atoms with van der Waals surface area (Å²) in [4.78, 5) is 0.225. The molecule has 2 rings (SSSR count). The summed E-state index contributed by atoms with van der Waals surface area (Å²) in [5, 5.41) is 5.11. The van der Waals surface area contributed by atoms with Gasteiger partial charge in [-0.05, 0) is 30.0 Å². The fourth-order valence-corrected chi connectivity index (χ4v) is 2.75. The zero-order valence-electron chi connectivity index (χ0n) is 7.60. The zero-order chi connectivity index (χ0) is 10.3. The molecule has 4 nitrogen and oxygen atoms in total. The fourth-order valence-electron chi connectivity index (χ4n) is 1.92. The van der Waals surface area contributed by atoms with Crippen LogP contribution in [0.2, 0.25) is 0 Å². The number of hydrogen-bond acceptors (Lipinski definition) is 3. The highest BCUT2D eigenvalue weighted by molar-refractivity contribution is 7.89. The fraction of sp³-hybridized carbons (Fsp3) is 0.333. The standard InChI is InChI=1S/C9H12N2O2S/c10-8-5-4-7-6(8)2-1-3-9(7)14(11,12)13/h1-3,8H,4-5,10H2,(H2,11,12,13). The first-order valence-corrected chi connectivity index (χ1v) is 5.95. The minimum atomic E-state index is -3.61. The second-order valence-electron chi connectivity index (χ2n) is 3.51. The number of primary sulfonamides is 1. The molecule has 0 fully saturated rings. The predicted molar refractivity (Wildman–Crippen MR) is 53.1 cm³/mol. The lowest BCUT2D eigenvalue weighted by atomic mass is 10.1. The van der Waals surface area contributed by atoms with E-state index >= 15 is 0 Å². The van der Waals surface area contributed by atoms with Crippen molar-refractivity contribution in [1.82, 2.24) is 0 Å². The van der Waals surface area contributed by atoms with Gasteiger partial charge in [0.25, 0.3) is 0 Å². The Morgan fingerprint density at radius 3 is 2.71 bits per heavy atom. The van der Waals surface area contributed by atoms with Crippen LogP contribution >= 0.6 is 0 Å². The number of rotatable bonds is 1. The highest BCUT2D eigenvalue weighted by atomic mass is 32.2. The Balaban J connectivity index is 2.67. The molecule has 0 amide bonds. The predicted octanol–water partition coefficient (Wildman–Crippen LogP) is 0.280. The van der Waals surface area contributed by atoms with E-state index in [1.807, 2.05) is 6.07 Å².